The van der Waals surface area contributed by atoms with Crippen LogP contribution in [0.2, 0.25) is 0 Å². The SMILES string of the molecule is CCOC(=O)C1=C(C)N(Cc2ccccc2)C(=O)N(Cc2ccccc2)[C@@H]1C[C@H](N)C(=O)OC. The monoisotopic (exact) mass is 465 g/mol. The first-order valence-electron chi connectivity index (χ1n) is 11.2. The second-order valence-corrected chi connectivity index (χ2v) is 8.07. The number of allylic oxidation sites excluding steroid dienone is 1. The second-order valence-electron chi connectivity index (χ2n) is 8.07. The minimum atomic E-state index is -1.01. The fourth-order valence-corrected chi connectivity index (χ4v) is 4.11. The smallest absolute Gasteiger partial charge is 0.337 e. The van der Waals surface area contributed by atoms with Gasteiger partial charge in [-0.15, -0.1) is 0 Å². The predicted molar refractivity (Wildman–Crippen MR) is 127 cm³/mol. The molecular formula is C26H31N3O5. The fraction of sp³-hybridized carbons (Fsp3) is 0.346. The number of hydrogen-bond donors (Lipinski definition) is 1. The molecule has 8 heteroatoms. The van der Waals surface area contributed by atoms with E-state index in [1.54, 1.807) is 23.6 Å². The Hall–Kier alpha value is -3.65. The predicted octanol–water partition coefficient (Wildman–Crippen LogP) is 3.22. The number of nitrogens with zero attached hydrogens (tertiary/aromatic N) is 2. The van der Waals surface area contributed by atoms with Crippen molar-refractivity contribution in [1.29, 1.82) is 0 Å². The zero-order valence-electron chi connectivity index (χ0n) is 19.8. The van der Waals surface area contributed by atoms with Gasteiger partial charge in [-0.05, 0) is 31.4 Å². The number of carbonyl (C=O) groups excluding carboxylic acids is 3. The molecule has 180 valence electrons. The number of esters is 2. The van der Waals surface area contributed by atoms with E-state index in [0.29, 0.717) is 11.3 Å². The number of urea groups is 1. The summed E-state index contributed by atoms with van der Waals surface area (Å²) >= 11 is 0. The van der Waals surface area contributed by atoms with Gasteiger partial charge in [-0.2, -0.15) is 0 Å². The maximum absolute atomic E-state index is 13.8. The summed E-state index contributed by atoms with van der Waals surface area (Å²) in [6, 6.07) is 17.0. The van der Waals surface area contributed by atoms with Crippen LogP contribution in [0.15, 0.2) is 71.9 Å². The molecule has 3 rings (SSSR count). The summed E-state index contributed by atoms with van der Waals surface area (Å²) in [6.45, 7) is 4.15. The van der Waals surface area contributed by atoms with Crippen LogP contribution in [0.3, 0.4) is 0 Å². The second kappa shape index (κ2) is 11.5. The molecule has 2 amide bonds. The van der Waals surface area contributed by atoms with Crippen molar-refractivity contribution in [2.75, 3.05) is 13.7 Å². The minimum absolute atomic E-state index is 0.0237. The Balaban J connectivity index is 2.09. The Bertz CT molecular complexity index is 1040. The van der Waals surface area contributed by atoms with Crippen LogP contribution in [0.4, 0.5) is 4.79 Å². The maximum atomic E-state index is 13.8. The van der Waals surface area contributed by atoms with Crippen LogP contribution in [0.5, 0.6) is 0 Å². The lowest BCUT2D eigenvalue weighted by molar-refractivity contribution is -0.143. The Kier molecular flexibility index (Phi) is 8.43. The number of amides is 2. The molecule has 2 atom stereocenters. The van der Waals surface area contributed by atoms with Gasteiger partial charge in [-0.1, -0.05) is 60.7 Å². The molecule has 1 aliphatic rings. The number of carbonyl (C=O) groups is 3. The molecule has 1 aliphatic heterocycles. The average Bonchev–Trinajstić information content (AvgIpc) is 2.85. The van der Waals surface area contributed by atoms with Gasteiger partial charge in [0.15, 0.2) is 0 Å². The van der Waals surface area contributed by atoms with Crippen molar-refractivity contribution in [3.63, 3.8) is 0 Å². The molecule has 0 aromatic heterocycles. The van der Waals surface area contributed by atoms with Crippen LogP contribution in [0.25, 0.3) is 0 Å². The molecule has 0 fully saturated rings. The number of nitrogens with two attached hydrogens (primary N) is 1. The molecule has 2 aromatic rings. The van der Waals surface area contributed by atoms with Gasteiger partial charge in [-0.25, -0.2) is 9.59 Å². The van der Waals surface area contributed by atoms with Gasteiger partial charge >= 0.3 is 18.0 Å². The lowest BCUT2D eigenvalue weighted by Crippen LogP contribution is -2.55. The number of rotatable bonds is 9. The Morgan fingerprint density at radius 1 is 1.00 bits per heavy atom. The molecule has 8 nitrogen and oxygen atoms in total. The number of methoxy groups -OCH3 is 1. The van der Waals surface area contributed by atoms with Crippen LogP contribution >= 0.6 is 0 Å². The molecule has 0 saturated heterocycles. The summed E-state index contributed by atoms with van der Waals surface area (Å²) in [4.78, 5) is 42.2. The highest BCUT2D eigenvalue weighted by molar-refractivity contribution is 5.95. The summed E-state index contributed by atoms with van der Waals surface area (Å²) in [5.41, 5.74) is 8.70. The van der Waals surface area contributed by atoms with Gasteiger partial charge in [-0.3, -0.25) is 9.69 Å². The molecule has 2 N–H and O–H groups in total. The number of benzene rings is 2. The summed E-state index contributed by atoms with van der Waals surface area (Å²) in [5.74, 6) is -1.15. The third-order valence-corrected chi connectivity index (χ3v) is 5.84. The van der Waals surface area contributed by atoms with Gasteiger partial charge < -0.3 is 20.1 Å². The zero-order chi connectivity index (χ0) is 24.7. The van der Waals surface area contributed by atoms with E-state index < -0.39 is 24.0 Å². The molecule has 0 radical (unpaired) electrons. The zero-order valence-corrected chi connectivity index (χ0v) is 19.8. The van der Waals surface area contributed by atoms with Crippen molar-refractivity contribution in [3.05, 3.63) is 83.1 Å². The van der Waals surface area contributed by atoms with Crippen LogP contribution in [0, 0.1) is 0 Å². The van der Waals surface area contributed by atoms with Crippen molar-refractivity contribution < 1.29 is 23.9 Å². The maximum Gasteiger partial charge on any atom is 0.337 e. The molecular weight excluding hydrogens is 434 g/mol. The largest absolute Gasteiger partial charge is 0.468 e. The highest BCUT2D eigenvalue weighted by Gasteiger charge is 2.42. The molecule has 0 aliphatic carbocycles. The first kappa shape index (κ1) is 25.0. The van der Waals surface area contributed by atoms with Crippen LogP contribution in [0.1, 0.15) is 31.4 Å². The fourth-order valence-electron chi connectivity index (χ4n) is 4.11. The number of ether oxygens (including phenoxy) is 2. The summed E-state index contributed by atoms with van der Waals surface area (Å²) in [5, 5.41) is 0. The van der Waals surface area contributed by atoms with Gasteiger partial charge in [0.2, 0.25) is 0 Å². The van der Waals surface area contributed by atoms with E-state index in [1.165, 1.54) is 7.11 Å². The standard InChI is InChI=1S/C26H31N3O5/c1-4-34-25(31)23-18(2)28(16-19-11-7-5-8-12-19)26(32)29(17-20-13-9-6-10-14-20)22(23)15-21(27)24(30)33-3/h5-14,21-22H,4,15-17,27H2,1-3H3/t21-,22+/m0/s1. The average molecular weight is 466 g/mol. The molecule has 0 spiro atoms. The van der Waals surface area contributed by atoms with Crippen molar-refractivity contribution in [2.45, 2.75) is 45.4 Å². The van der Waals surface area contributed by atoms with E-state index >= 15 is 0 Å². The highest BCUT2D eigenvalue weighted by Crippen LogP contribution is 2.32. The van der Waals surface area contributed by atoms with E-state index in [-0.39, 0.29) is 32.1 Å². The Morgan fingerprint density at radius 2 is 1.56 bits per heavy atom. The van der Waals surface area contributed by atoms with Gasteiger partial charge in [0, 0.05) is 12.2 Å². The normalized spacial score (nSPS) is 16.9. The summed E-state index contributed by atoms with van der Waals surface area (Å²) < 4.78 is 10.2. The third kappa shape index (κ3) is 5.63. The van der Waals surface area contributed by atoms with Crippen LogP contribution in [-0.4, -0.2) is 53.6 Å². The third-order valence-electron chi connectivity index (χ3n) is 5.84. The molecule has 1 heterocycles. The molecule has 0 bridgehead atoms. The van der Waals surface area contributed by atoms with Gasteiger partial charge in [0.25, 0.3) is 0 Å². The lowest BCUT2D eigenvalue weighted by Gasteiger charge is -2.43. The van der Waals surface area contributed by atoms with Crippen LogP contribution in [-0.2, 0) is 32.2 Å². The van der Waals surface area contributed by atoms with Crippen molar-refractivity contribution in [1.82, 2.24) is 9.80 Å². The van der Waals surface area contributed by atoms with Crippen molar-refractivity contribution in [3.8, 4) is 0 Å². The first-order chi connectivity index (χ1) is 16.4. The molecule has 34 heavy (non-hydrogen) atoms. The van der Waals surface area contributed by atoms with E-state index in [2.05, 4.69) is 0 Å². The molecule has 2 aromatic carbocycles. The summed E-state index contributed by atoms with van der Waals surface area (Å²) in [6.07, 6.45) is 0.0237. The number of hydrogen-bond acceptors (Lipinski definition) is 6. The van der Waals surface area contributed by atoms with Gasteiger partial charge in [0.05, 0.1) is 31.9 Å². The Labute approximate surface area is 199 Å². The minimum Gasteiger partial charge on any atom is -0.468 e. The van der Waals surface area contributed by atoms with E-state index in [0.717, 1.165) is 11.1 Å². The highest BCUT2D eigenvalue weighted by atomic mass is 16.5. The van der Waals surface area contributed by atoms with Gasteiger partial charge in [0.1, 0.15) is 6.04 Å². The van der Waals surface area contributed by atoms with Crippen molar-refractivity contribution >= 4 is 18.0 Å². The summed E-state index contributed by atoms with van der Waals surface area (Å²) in [7, 11) is 1.25. The van der Waals surface area contributed by atoms with E-state index in [4.69, 9.17) is 15.2 Å². The molecule has 0 saturated carbocycles. The van der Waals surface area contributed by atoms with E-state index in [9.17, 15) is 14.4 Å². The van der Waals surface area contributed by atoms with Crippen molar-refractivity contribution in [2.24, 2.45) is 5.73 Å². The topological polar surface area (TPSA) is 102 Å². The van der Waals surface area contributed by atoms with E-state index in [1.807, 2.05) is 60.7 Å². The Morgan fingerprint density at radius 3 is 2.09 bits per heavy atom. The van der Waals surface area contributed by atoms with Crippen LogP contribution < -0.4 is 5.73 Å². The first-order valence-corrected chi connectivity index (χ1v) is 11.2. The lowest BCUT2D eigenvalue weighted by atomic mass is 9.93. The quantitative estimate of drug-likeness (QED) is 0.571. The molecule has 0 unspecified atom stereocenters.